The van der Waals surface area contributed by atoms with Crippen molar-refractivity contribution in [2.45, 2.75) is 53.9 Å². The number of ether oxygens (including phenoxy) is 1. The highest BCUT2D eigenvalue weighted by Crippen LogP contribution is 2.54. The van der Waals surface area contributed by atoms with Crippen LogP contribution in [0.3, 0.4) is 0 Å². The van der Waals surface area contributed by atoms with Gasteiger partial charge in [0.2, 0.25) is 0 Å². The number of amides is 1. The summed E-state index contributed by atoms with van der Waals surface area (Å²) in [5, 5.41) is 0. The number of Topliss-reactive ketones (excluding diaryl/α,β-unsaturated/α-hetero) is 1. The number of likely N-dealkylation sites (N-methyl/N-ethyl adjacent to an activating group) is 1. The molecule has 0 aromatic rings. The molecule has 28 heavy (non-hydrogen) atoms. The quantitative estimate of drug-likeness (QED) is 0.418. The van der Waals surface area contributed by atoms with Crippen LogP contribution in [0, 0.1) is 29.1 Å². The molecule has 5 atom stereocenters. The summed E-state index contributed by atoms with van der Waals surface area (Å²) in [7, 11) is 1.61. The Morgan fingerprint density at radius 1 is 1.25 bits per heavy atom. The summed E-state index contributed by atoms with van der Waals surface area (Å²) in [6, 6.07) is 0. The van der Waals surface area contributed by atoms with Crippen LogP contribution >= 0.6 is 0 Å². The van der Waals surface area contributed by atoms with Gasteiger partial charge in [-0.25, -0.2) is 0 Å². The number of esters is 1. The fourth-order valence-corrected chi connectivity index (χ4v) is 5.30. The van der Waals surface area contributed by atoms with Crippen LogP contribution < -0.4 is 0 Å². The van der Waals surface area contributed by atoms with Gasteiger partial charge in [0.05, 0.1) is 5.70 Å². The highest BCUT2D eigenvalue weighted by Gasteiger charge is 2.54. The van der Waals surface area contributed by atoms with Crippen molar-refractivity contribution in [3.05, 3.63) is 35.3 Å². The van der Waals surface area contributed by atoms with Gasteiger partial charge in [-0.15, -0.1) is 0 Å². The molecule has 1 saturated carbocycles. The van der Waals surface area contributed by atoms with E-state index >= 15 is 0 Å². The first kappa shape index (κ1) is 20.6. The summed E-state index contributed by atoms with van der Waals surface area (Å²) in [6.07, 6.45) is 9.23. The SMILES string of the molecule is C/C=C1\C(OC(C)=O)=C(C(=O)C2(C)C(C)C=CC3CC(C)CCC32)C(=O)N1C. The molecule has 3 aliphatic rings. The molecule has 0 spiro atoms. The second-order valence-corrected chi connectivity index (χ2v) is 8.81. The molecule has 1 fully saturated rings. The number of hydrogen-bond acceptors (Lipinski definition) is 4. The molecule has 5 nitrogen and oxygen atoms in total. The number of carbonyl (C=O) groups excluding carboxylic acids is 3. The Morgan fingerprint density at radius 3 is 2.54 bits per heavy atom. The van der Waals surface area contributed by atoms with Crippen molar-refractivity contribution in [2.24, 2.45) is 29.1 Å². The Bertz CT molecular complexity index is 805. The van der Waals surface area contributed by atoms with Crippen molar-refractivity contribution in [3.63, 3.8) is 0 Å². The number of carbonyl (C=O) groups is 3. The fourth-order valence-electron chi connectivity index (χ4n) is 5.30. The molecule has 5 unspecified atom stereocenters. The van der Waals surface area contributed by atoms with Crippen LogP contribution in [-0.4, -0.2) is 29.6 Å². The molecule has 0 aromatic carbocycles. The van der Waals surface area contributed by atoms with Gasteiger partial charge in [-0.1, -0.05) is 45.4 Å². The monoisotopic (exact) mass is 385 g/mol. The summed E-state index contributed by atoms with van der Waals surface area (Å²) >= 11 is 0. The van der Waals surface area contributed by atoms with Crippen LogP contribution in [0.4, 0.5) is 0 Å². The van der Waals surface area contributed by atoms with E-state index in [0.29, 0.717) is 17.5 Å². The number of fused-ring (bicyclic) bond motifs is 1. The molecule has 1 amide bonds. The Hall–Kier alpha value is -2.17. The number of nitrogens with zero attached hydrogens (tertiary/aromatic N) is 1. The molecule has 0 N–H and O–H groups in total. The smallest absolute Gasteiger partial charge is 0.308 e. The van der Waals surface area contributed by atoms with E-state index in [4.69, 9.17) is 4.74 Å². The summed E-state index contributed by atoms with van der Waals surface area (Å²) < 4.78 is 5.38. The molecule has 3 rings (SSSR count). The molecule has 2 aliphatic carbocycles. The topological polar surface area (TPSA) is 63.7 Å². The van der Waals surface area contributed by atoms with E-state index < -0.39 is 17.3 Å². The summed E-state index contributed by atoms with van der Waals surface area (Å²) in [5.41, 5.74) is -0.201. The van der Waals surface area contributed by atoms with Gasteiger partial charge >= 0.3 is 5.97 Å². The zero-order valence-corrected chi connectivity index (χ0v) is 17.7. The minimum atomic E-state index is -0.694. The van der Waals surface area contributed by atoms with E-state index in [1.54, 1.807) is 20.0 Å². The predicted molar refractivity (Wildman–Crippen MR) is 107 cm³/mol. The van der Waals surface area contributed by atoms with Crippen LogP contribution in [0.25, 0.3) is 0 Å². The average Bonchev–Trinajstić information content (AvgIpc) is 2.86. The fraction of sp³-hybridized carbons (Fsp3) is 0.609. The molecular formula is C23H31NO4. The minimum Gasteiger partial charge on any atom is -0.423 e. The summed E-state index contributed by atoms with van der Waals surface area (Å²) in [5.74, 6) is 0.177. The van der Waals surface area contributed by atoms with Gasteiger partial charge in [-0.2, -0.15) is 0 Å². The lowest BCUT2D eigenvalue weighted by atomic mass is 9.53. The Morgan fingerprint density at radius 2 is 1.93 bits per heavy atom. The first-order chi connectivity index (χ1) is 13.1. The van der Waals surface area contributed by atoms with Gasteiger partial charge in [0, 0.05) is 19.4 Å². The lowest BCUT2D eigenvalue weighted by Crippen LogP contribution is -2.49. The molecule has 5 heteroatoms. The molecule has 0 saturated heterocycles. The van der Waals surface area contributed by atoms with E-state index in [0.717, 1.165) is 19.3 Å². The third kappa shape index (κ3) is 3.05. The molecule has 0 aromatic heterocycles. The van der Waals surface area contributed by atoms with Crippen LogP contribution in [0.15, 0.2) is 35.3 Å². The normalized spacial score (nSPS) is 36.7. The van der Waals surface area contributed by atoms with E-state index in [2.05, 4.69) is 26.0 Å². The van der Waals surface area contributed by atoms with Crippen molar-refractivity contribution in [1.82, 2.24) is 4.90 Å². The first-order valence-corrected chi connectivity index (χ1v) is 10.2. The lowest BCUT2D eigenvalue weighted by molar-refractivity contribution is -0.137. The molecule has 0 radical (unpaired) electrons. The maximum atomic E-state index is 13.9. The maximum absolute atomic E-state index is 13.9. The Labute approximate surface area is 167 Å². The van der Waals surface area contributed by atoms with Gasteiger partial charge in [-0.3, -0.25) is 14.4 Å². The van der Waals surface area contributed by atoms with Crippen LogP contribution in [0.1, 0.15) is 53.9 Å². The lowest BCUT2D eigenvalue weighted by Gasteiger charge is -2.49. The molecule has 152 valence electrons. The first-order valence-electron chi connectivity index (χ1n) is 10.2. The third-order valence-corrected chi connectivity index (χ3v) is 7.10. The zero-order chi connectivity index (χ0) is 20.8. The minimum absolute atomic E-state index is 0.00787. The van der Waals surface area contributed by atoms with Gasteiger partial charge in [0.25, 0.3) is 5.91 Å². The third-order valence-electron chi connectivity index (χ3n) is 7.10. The maximum Gasteiger partial charge on any atom is 0.308 e. The van der Waals surface area contributed by atoms with Gasteiger partial charge in [0.15, 0.2) is 11.5 Å². The molecule has 0 bridgehead atoms. The zero-order valence-electron chi connectivity index (χ0n) is 17.7. The van der Waals surface area contributed by atoms with Crippen molar-refractivity contribution < 1.29 is 19.1 Å². The van der Waals surface area contributed by atoms with Crippen LogP contribution in [0.2, 0.25) is 0 Å². The highest BCUT2D eigenvalue weighted by molar-refractivity contribution is 6.24. The predicted octanol–water partition coefficient (Wildman–Crippen LogP) is 4.01. The van der Waals surface area contributed by atoms with Crippen LogP contribution in [-0.2, 0) is 19.1 Å². The van der Waals surface area contributed by atoms with Crippen molar-refractivity contribution in [3.8, 4) is 0 Å². The number of rotatable bonds is 3. The van der Waals surface area contributed by atoms with Gasteiger partial charge < -0.3 is 9.64 Å². The number of ketones is 1. The van der Waals surface area contributed by atoms with E-state index in [9.17, 15) is 14.4 Å². The Balaban J connectivity index is 2.10. The summed E-state index contributed by atoms with van der Waals surface area (Å²) in [6.45, 7) is 9.36. The van der Waals surface area contributed by atoms with E-state index in [1.165, 1.54) is 11.8 Å². The van der Waals surface area contributed by atoms with E-state index in [1.807, 2.05) is 6.92 Å². The Kier molecular flexibility index (Phi) is 5.39. The largest absolute Gasteiger partial charge is 0.423 e. The van der Waals surface area contributed by atoms with Gasteiger partial charge in [-0.05, 0) is 43.4 Å². The molecule has 1 aliphatic heterocycles. The number of hydrogen-bond donors (Lipinski definition) is 0. The second-order valence-electron chi connectivity index (χ2n) is 8.81. The van der Waals surface area contributed by atoms with Crippen molar-refractivity contribution in [2.75, 3.05) is 7.05 Å². The summed E-state index contributed by atoms with van der Waals surface area (Å²) in [4.78, 5) is 40.0. The van der Waals surface area contributed by atoms with E-state index in [-0.39, 0.29) is 29.0 Å². The van der Waals surface area contributed by atoms with Crippen molar-refractivity contribution >= 4 is 17.7 Å². The average molecular weight is 386 g/mol. The standard InChI is InChI=1S/C23H31NO4/c1-7-18-20(28-15(4)25)19(22(27)24(18)6)21(26)23(5)14(3)9-10-16-12-13(2)8-11-17(16)23/h7,9-10,13-14,16-17H,8,11-12H2,1-6H3/b18-7+. The van der Waals surface area contributed by atoms with Crippen molar-refractivity contribution in [1.29, 1.82) is 0 Å². The molecular weight excluding hydrogens is 354 g/mol. The highest BCUT2D eigenvalue weighted by atomic mass is 16.5. The second kappa shape index (κ2) is 7.34. The van der Waals surface area contributed by atoms with Crippen LogP contribution in [0.5, 0.6) is 0 Å². The molecule has 1 heterocycles. The van der Waals surface area contributed by atoms with Gasteiger partial charge in [0.1, 0.15) is 5.57 Å². The number of allylic oxidation sites excluding steroid dienone is 3.